The van der Waals surface area contributed by atoms with Gasteiger partial charge in [-0.05, 0) is 61.7 Å². The van der Waals surface area contributed by atoms with Crippen LogP contribution in [0.5, 0.6) is 5.75 Å². The van der Waals surface area contributed by atoms with Gasteiger partial charge in [-0.3, -0.25) is 0 Å². The quantitative estimate of drug-likeness (QED) is 0.364. The van der Waals surface area contributed by atoms with Gasteiger partial charge in [0.1, 0.15) is 5.65 Å². The number of halogens is 2. The van der Waals surface area contributed by atoms with Crippen LogP contribution in [0, 0.1) is 11.7 Å². The van der Waals surface area contributed by atoms with Crippen LogP contribution in [0.4, 0.5) is 10.3 Å². The Morgan fingerprint density at radius 2 is 2.09 bits per heavy atom. The number of aromatic nitrogens is 3. The Bertz CT molecular complexity index is 1290. The zero-order valence-electron chi connectivity index (χ0n) is 18.1. The maximum atomic E-state index is 13.7. The van der Waals surface area contributed by atoms with Crippen molar-refractivity contribution in [1.29, 1.82) is 0 Å². The van der Waals surface area contributed by atoms with Gasteiger partial charge >= 0.3 is 0 Å². The lowest BCUT2D eigenvalue weighted by atomic mass is 9.99. The molecule has 0 amide bonds. The van der Waals surface area contributed by atoms with Crippen molar-refractivity contribution in [2.45, 2.75) is 25.9 Å². The molecule has 2 aromatic heterocycles. The minimum Gasteiger partial charge on any atom is -0.505 e. The number of hydrogen-bond donors (Lipinski definition) is 3. The molecule has 0 saturated carbocycles. The van der Waals surface area contributed by atoms with Gasteiger partial charge in [0, 0.05) is 35.3 Å². The molecule has 1 atom stereocenters. The maximum absolute atomic E-state index is 13.7. The molecule has 6 nitrogen and oxygen atoms in total. The maximum Gasteiger partial charge on any atom is 0.224 e. The van der Waals surface area contributed by atoms with E-state index in [9.17, 15) is 9.50 Å². The minimum atomic E-state index is -0.648. The molecule has 0 unspecified atom stereocenters. The van der Waals surface area contributed by atoms with Gasteiger partial charge in [0.15, 0.2) is 11.6 Å². The Morgan fingerprint density at radius 3 is 2.88 bits per heavy atom. The van der Waals surface area contributed by atoms with Gasteiger partial charge in [0.05, 0.1) is 5.69 Å². The van der Waals surface area contributed by atoms with E-state index in [1.165, 1.54) is 12.1 Å². The molecule has 3 N–H and O–H groups in total. The first-order valence-corrected chi connectivity index (χ1v) is 11.5. The van der Waals surface area contributed by atoms with Crippen LogP contribution in [0.3, 0.4) is 0 Å². The van der Waals surface area contributed by atoms with E-state index in [1.54, 1.807) is 12.3 Å². The highest BCUT2D eigenvalue weighted by atomic mass is 35.5. The third-order valence-electron chi connectivity index (χ3n) is 6.09. The average molecular weight is 466 g/mol. The smallest absolute Gasteiger partial charge is 0.224 e. The van der Waals surface area contributed by atoms with Crippen molar-refractivity contribution in [3.05, 3.63) is 71.1 Å². The van der Waals surface area contributed by atoms with Crippen LogP contribution >= 0.6 is 11.6 Å². The third kappa shape index (κ3) is 4.65. The van der Waals surface area contributed by atoms with Crippen molar-refractivity contribution in [2.75, 3.05) is 18.4 Å². The second kappa shape index (κ2) is 9.37. The highest BCUT2D eigenvalue weighted by molar-refractivity contribution is 6.33. The molecule has 4 aromatic rings. The molecule has 0 radical (unpaired) electrons. The van der Waals surface area contributed by atoms with Gasteiger partial charge in [-0.2, -0.15) is 4.98 Å². The minimum absolute atomic E-state index is 0.341. The van der Waals surface area contributed by atoms with Crippen molar-refractivity contribution in [3.63, 3.8) is 0 Å². The number of hydrogen-bond acceptors (Lipinski definition) is 5. The number of anilines is 1. The number of benzene rings is 2. The Labute approximate surface area is 196 Å². The number of piperidine rings is 1. The predicted molar refractivity (Wildman–Crippen MR) is 129 cm³/mol. The molecule has 0 aliphatic carbocycles. The van der Waals surface area contributed by atoms with Crippen LogP contribution in [0.25, 0.3) is 22.3 Å². The van der Waals surface area contributed by atoms with Gasteiger partial charge in [0.2, 0.25) is 5.95 Å². The molecule has 2 aromatic carbocycles. The van der Waals surface area contributed by atoms with E-state index < -0.39 is 5.82 Å². The number of nitrogens with zero attached hydrogens (tertiary/aromatic N) is 3. The molecule has 5 rings (SSSR count). The van der Waals surface area contributed by atoms with Crippen LogP contribution in [0.2, 0.25) is 5.02 Å². The number of aromatic hydroxyl groups is 1. The number of rotatable bonds is 6. The molecule has 33 heavy (non-hydrogen) atoms. The highest BCUT2D eigenvalue weighted by Gasteiger charge is 2.20. The first-order valence-electron chi connectivity index (χ1n) is 11.1. The Kier molecular flexibility index (Phi) is 6.15. The molecule has 3 heterocycles. The molecule has 1 aliphatic heterocycles. The summed E-state index contributed by atoms with van der Waals surface area (Å²) >= 11 is 6.55. The Morgan fingerprint density at radius 1 is 1.21 bits per heavy atom. The van der Waals surface area contributed by atoms with Crippen molar-refractivity contribution in [1.82, 2.24) is 19.9 Å². The van der Waals surface area contributed by atoms with Gasteiger partial charge in [-0.15, -0.1) is 0 Å². The lowest BCUT2D eigenvalue weighted by Gasteiger charge is -2.24. The van der Waals surface area contributed by atoms with Crippen LogP contribution in [-0.4, -0.2) is 32.7 Å². The first kappa shape index (κ1) is 21.7. The molecule has 170 valence electrons. The summed E-state index contributed by atoms with van der Waals surface area (Å²) in [5.74, 6) is -0.0479. The van der Waals surface area contributed by atoms with Gasteiger partial charge in [-0.1, -0.05) is 35.9 Å². The molecule has 0 bridgehead atoms. The molecule has 0 spiro atoms. The third-order valence-corrected chi connectivity index (χ3v) is 6.42. The van der Waals surface area contributed by atoms with Gasteiger partial charge < -0.3 is 20.3 Å². The fraction of sp³-hybridized carbons (Fsp3) is 0.280. The second-order valence-electron chi connectivity index (χ2n) is 8.44. The monoisotopic (exact) mass is 465 g/mol. The number of phenolic OH excluding ortho intramolecular Hbond substituents is 1. The van der Waals surface area contributed by atoms with E-state index in [0.29, 0.717) is 29.0 Å². The Balaban J connectivity index is 1.50. The molecular formula is C25H25ClFN5O. The summed E-state index contributed by atoms with van der Waals surface area (Å²) in [6.07, 6.45) is 4.13. The fourth-order valence-corrected chi connectivity index (χ4v) is 4.61. The summed E-state index contributed by atoms with van der Waals surface area (Å²) < 4.78 is 15.9. The summed E-state index contributed by atoms with van der Waals surface area (Å²) in [4.78, 5) is 9.26. The largest absolute Gasteiger partial charge is 0.505 e. The zero-order valence-corrected chi connectivity index (χ0v) is 18.8. The van der Waals surface area contributed by atoms with Crippen molar-refractivity contribution < 1.29 is 9.50 Å². The standard InChI is InChI=1S/C25H25ClFN5O/c26-20-6-2-1-5-19(20)22-11-18-14-30-25(29-13-16-7-8-23(33)21(27)10-16)31-24(18)32(22)15-17-4-3-9-28-12-17/h1-2,5-8,10-11,14,17,28,33H,3-4,9,12-13,15H2,(H,29,30,31)/t17-/m1/s1. The van der Waals surface area contributed by atoms with E-state index in [1.807, 2.05) is 24.3 Å². The lowest BCUT2D eigenvalue weighted by molar-refractivity contribution is 0.341. The van der Waals surface area contributed by atoms with Crippen molar-refractivity contribution in [3.8, 4) is 17.0 Å². The Hall–Kier alpha value is -3.16. The highest BCUT2D eigenvalue weighted by Crippen LogP contribution is 2.33. The van der Waals surface area contributed by atoms with Crippen molar-refractivity contribution >= 4 is 28.6 Å². The predicted octanol–water partition coefficient (Wildman–Crippen LogP) is 5.21. The van der Waals surface area contributed by atoms with E-state index in [-0.39, 0.29) is 5.75 Å². The zero-order chi connectivity index (χ0) is 22.8. The SMILES string of the molecule is Oc1ccc(CNc2ncc3cc(-c4ccccc4Cl)n(C[C@@H]4CCCNC4)c3n2)cc1F. The van der Waals surface area contributed by atoms with E-state index in [2.05, 4.69) is 26.3 Å². The first-order chi connectivity index (χ1) is 16.1. The van der Waals surface area contributed by atoms with Crippen LogP contribution in [0.15, 0.2) is 54.7 Å². The molecule has 1 fully saturated rings. The van der Waals surface area contributed by atoms with Crippen LogP contribution in [0.1, 0.15) is 18.4 Å². The summed E-state index contributed by atoms with van der Waals surface area (Å²) in [7, 11) is 0. The summed E-state index contributed by atoms with van der Waals surface area (Å²) in [5, 5.41) is 17.7. The lowest BCUT2D eigenvalue weighted by Crippen LogP contribution is -2.32. The summed E-state index contributed by atoms with van der Waals surface area (Å²) in [5.41, 5.74) is 3.52. The molecular weight excluding hydrogens is 441 g/mol. The summed E-state index contributed by atoms with van der Waals surface area (Å²) in [6, 6.07) is 14.2. The molecule has 1 aliphatic rings. The molecule has 8 heteroatoms. The van der Waals surface area contributed by atoms with Crippen LogP contribution < -0.4 is 10.6 Å². The van der Waals surface area contributed by atoms with E-state index in [4.69, 9.17) is 16.6 Å². The van der Waals surface area contributed by atoms with Gasteiger partial charge in [0.25, 0.3) is 0 Å². The summed E-state index contributed by atoms with van der Waals surface area (Å²) in [6.45, 7) is 3.21. The number of fused-ring (bicyclic) bond motifs is 1. The fourth-order valence-electron chi connectivity index (χ4n) is 4.38. The van der Waals surface area contributed by atoms with Crippen molar-refractivity contribution in [2.24, 2.45) is 5.92 Å². The normalized spacial score (nSPS) is 16.2. The number of phenols is 1. The topological polar surface area (TPSA) is 75.0 Å². The average Bonchev–Trinajstić information content (AvgIpc) is 3.18. The van der Waals surface area contributed by atoms with E-state index >= 15 is 0 Å². The van der Waals surface area contributed by atoms with Crippen LogP contribution in [-0.2, 0) is 13.1 Å². The van der Waals surface area contributed by atoms with E-state index in [0.717, 1.165) is 54.8 Å². The van der Waals surface area contributed by atoms with Gasteiger partial charge in [-0.25, -0.2) is 9.37 Å². The number of nitrogens with one attached hydrogen (secondary N) is 2. The molecule has 1 saturated heterocycles. The second-order valence-corrected chi connectivity index (χ2v) is 8.85.